The van der Waals surface area contributed by atoms with Crippen molar-refractivity contribution >= 4 is 40.9 Å². The quantitative estimate of drug-likeness (QED) is 0.225. The number of hydrogen-bond acceptors (Lipinski definition) is 10. The zero-order valence-electron chi connectivity index (χ0n) is 25.9. The van der Waals surface area contributed by atoms with Crippen molar-refractivity contribution in [3.8, 4) is 29.1 Å². The number of nitrogens with one attached hydrogen (secondary N) is 1. The number of alkyl halides is 3. The number of alkyl carbamates (subject to hydrolysis) is 1. The van der Waals surface area contributed by atoms with Gasteiger partial charge in [-0.05, 0) is 44.9 Å². The molecule has 0 radical (unpaired) electrons. The van der Waals surface area contributed by atoms with Gasteiger partial charge in [0.2, 0.25) is 3.79 Å². The summed E-state index contributed by atoms with van der Waals surface area (Å²) in [5.74, 6) is 1.72. The number of ether oxygens (including phenoxy) is 3. The standard InChI is InChI=1S/C32H35Cl3N4O7/c1-6-7-43-29-16(3)19-13-45-46-30(19)25-18(29)10-21-26-24-17(8-15(2)28(42-5)27(24)40)9-20(38(26)4)22(11-36)39(21)23(25)12-37-31(41)44-14-32(33,34)35/h6,8,20-23,26,40H,1,7,9-10,12-14H2,2-5H3,(H,37,41)/t20-,21?,22?,23-,26-/m0/s1. The Balaban J connectivity index is 1.54. The number of hydrogen-bond donors (Lipinski definition) is 2. The summed E-state index contributed by atoms with van der Waals surface area (Å²) in [5.41, 5.74) is 5.87. The number of nitrogens with zero attached hydrogens (tertiary/aromatic N) is 3. The molecule has 1 saturated heterocycles. The number of aromatic hydroxyl groups is 1. The molecule has 2 bridgehead atoms. The van der Waals surface area contributed by atoms with Crippen molar-refractivity contribution in [1.29, 1.82) is 5.26 Å². The molecule has 5 atom stereocenters. The molecule has 11 nitrogen and oxygen atoms in total. The number of aryl methyl sites for hydroxylation is 1. The van der Waals surface area contributed by atoms with E-state index in [2.05, 4.69) is 27.8 Å². The van der Waals surface area contributed by atoms with E-state index >= 15 is 0 Å². The van der Waals surface area contributed by atoms with E-state index in [1.165, 1.54) is 7.11 Å². The fourth-order valence-electron chi connectivity index (χ4n) is 7.77. The zero-order valence-corrected chi connectivity index (χ0v) is 28.1. The molecule has 2 unspecified atom stereocenters. The van der Waals surface area contributed by atoms with Crippen molar-refractivity contribution in [1.82, 2.24) is 15.1 Å². The number of nitriles is 1. The van der Waals surface area contributed by atoms with Crippen molar-refractivity contribution in [2.45, 2.75) is 67.3 Å². The van der Waals surface area contributed by atoms with E-state index in [0.29, 0.717) is 30.1 Å². The number of rotatable bonds is 7. The number of amides is 1. The Morgan fingerprint density at radius 2 is 2.00 bits per heavy atom. The topological polar surface area (TPSA) is 126 Å². The molecule has 1 fully saturated rings. The molecule has 0 aliphatic carbocycles. The Kier molecular flexibility index (Phi) is 8.91. The lowest BCUT2D eigenvalue weighted by Crippen LogP contribution is -2.68. The minimum atomic E-state index is -1.78. The summed E-state index contributed by atoms with van der Waals surface area (Å²) >= 11 is 17.4. The Hall–Kier alpha value is -3.11. The molecule has 0 aromatic heterocycles. The molecular weight excluding hydrogens is 659 g/mol. The Morgan fingerprint density at radius 1 is 1.24 bits per heavy atom. The third-order valence-electron chi connectivity index (χ3n) is 9.54. The summed E-state index contributed by atoms with van der Waals surface area (Å²) in [4.78, 5) is 28.5. The number of likely N-dealkylation sites (N-methyl/N-ethyl adjacent to an activating group) is 1. The highest BCUT2D eigenvalue weighted by atomic mass is 35.6. The van der Waals surface area contributed by atoms with E-state index in [1.54, 1.807) is 6.08 Å². The first-order valence-corrected chi connectivity index (χ1v) is 16.0. The minimum Gasteiger partial charge on any atom is -0.504 e. The first kappa shape index (κ1) is 32.8. The number of phenols is 1. The van der Waals surface area contributed by atoms with Crippen molar-refractivity contribution in [2.24, 2.45) is 0 Å². The first-order valence-electron chi connectivity index (χ1n) is 14.9. The number of methoxy groups -OCH3 is 1. The van der Waals surface area contributed by atoms with E-state index in [9.17, 15) is 15.2 Å². The second-order valence-electron chi connectivity index (χ2n) is 12.0. The molecule has 2 aromatic carbocycles. The largest absolute Gasteiger partial charge is 0.504 e. The van der Waals surface area contributed by atoms with Crippen LogP contribution in [0.5, 0.6) is 23.0 Å². The molecule has 1 amide bonds. The number of piperazine rings is 1. The van der Waals surface area contributed by atoms with Crippen LogP contribution < -0.4 is 19.7 Å². The molecule has 14 heteroatoms. The molecule has 4 aliphatic heterocycles. The zero-order chi connectivity index (χ0) is 33.1. The fraction of sp³-hybridized carbons (Fsp3) is 0.500. The lowest BCUT2D eigenvalue weighted by atomic mass is 9.71. The SMILES string of the molecule is C=CCOc1c(C)c2c(c3c1CC1[C@H]4c5c(cc(C)c(OC)c5O)C[C@@H](C(C#N)N1[C@H]3CNC(=O)OCC(Cl)(Cl)Cl)N4C)OOC2. The van der Waals surface area contributed by atoms with Crippen LogP contribution in [0.15, 0.2) is 18.7 Å². The van der Waals surface area contributed by atoms with Gasteiger partial charge in [0.05, 0.1) is 25.3 Å². The van der Waals surface area contributed by atoms with Gasteiger partial charge in [0.15, 0.2) is 17.2 Å². The van der Waals surface area contributed by atoms with Crippen LogP contribution in [-0.2, 0) is 29.1 Å². The molecule has 4 heterocycles. The highest BCUT2D eigenvalue weighted by Gasteiger charge is 2.56. The van der Waals surface area contributed by atoms with Gasteiger partial charge in [0, 0.05) is 46.4 Å². The number of carbonyl (C=O) groups is 1. The van der Waals surface area contributed by atoms with Gasteiger partial charge >= 0.3 is 6.09 Å². The number of fused-ring (bicyclic) bond motifs is 9. The average molecular weight is 694 g/mol. The van der Waals surface area contributed by atoms with Gasteiger partial charge in [0.1, 0.15) is 31.6 Å². The number of carbonyl (C=O) groups excluding carboxylic acids is 1. The van der Waals surface area contributed by atoms with Crippen LogP contribution in [0.1, 0.15) is 51.0 Å². The fourth-order valence-corrected chi connectivity index (χ4v) is 7.93. The van der Waals surface area contributed by atoms with Crippen molar-refractivity contribution in [3.63, 3.8) is 0 Å². The second kappa shape index (κ2) is 12.5. The van der Waals surface area contributed by atoms with E-state index in [4.69, 9.17) is 58.8 Å². The summed E-state index contributed by atoms with van der Waals surface area (Å²) in [7, 11) is 3.53. The van der Waals surface area contributed by atoms with Crippen molar-refractivity contribution < 1.29 is 33.9 Å². The van der Waals surface area contributed by atoms with Gasteiger partial charge in [0.25, 0.3) is 0 Å². The van der Waals surface area contributed by atoms with Crippen LogP contribution in [-0.4, -0.2) is 76.8 Å². The predicted octanol–water partition coefficient (Wildman–Crippen LogP) is 5.27. The summed E-state index contributed by atoms with van der Waals surface area (Å²) in [6, 6.07) is 2.53. The normalized spacial score (nSPS) is 24.8. The highest BCUT2D eigenvalue weighted by Crippen LogP contribution is 2.57. The summed E-state index contributed by atoms with van der Waals surface area (Å²) < 4.78 is 15.3. The van der Waals surface area contributed by atoms with E-state index in [0.717, 1.165) is 38.9 Å². The first-order chi connectivity index (χ1) is 21.9. The van der Waals surface area contributed by atoms with Gasteiger partial charge in [-0.3, -0.25) is 9.80 Å². The smallest absolute Gasteiger partial charge is 0.407 e. The van der Waals surface area contributed by atoms with Crippen molar-refractivity contribution in [2.75, 3.05) is 33.9 Å². The highest BCUT2D eigenvalue weighted by molar-refractivity contribution is 6.67. The average Bonchev–Trinajstić information content (AvgIpc) is 3.49. The van der Waals surface area contributed by atoms with Gasteiger partial charge < -0.3 is 29.5 Å². The third-order valence-corrected chi connectivity index (χ3v) is 9.86. The number of benzene rings is 2. The second-order valence-corrected chi connectivity index (χ2v) is 14.5. The summed E-state index contributed by atoms with van der Waals surface area (Å²) in [5, 5.41) is 25.3. The van der Waals surface area contributed by atoms with Gasteiger partial charge in [-0.1, -0.05) is 53.5 Å². The van der Waals surface area contributed by atoms with Gasteiger partial charge in [-0.2, -0.15) is 10.1 Å². The van der Waals surface area contributed by atoms with Crippen LogP contribution in [0.3, 0.4) is 0 Å². The molecular formula is C32H35Cl3N4O7. The third kappa shape index (κ3) is 5.39. The molecule has 4 aliphatic rings. The summed E-state index contributed by atoms with van der Waals surface area (Å²) in [6.45, 7) is 7.74. The Bertz CT molecular complexity index is 1620. The molecule has 0 saturated carbocycles. The molecule has 0 spiro atoms. The molecule has 2 aromatic rings. The molecule has 6 rings (SSSR count). The number of phenolic OH excluding ortho intramolecular Hbond substituents is 1. The maximum Gasteiger partial charge on any atom is 0.407 e. The van der Waals surface area contributed by atoms with Crippen molar-refractivity contribution in [3.05, 3.63) is 57.7 Å². The van der Waals surface area contributed by atoms with Gasteiger partial charge in [-0.15, -0.1) is 0 Å². The van der Waals surface area contributed by atoms with Gasteiger partial charge in [-0.25, -0.2) is 4.79 Å². The lowest BCUT2D eigenvalue weighted by Gasteiger charge is -2.60. The molecule has 246 valence electrons. The predicted molar refractivity (Wildman–Crippen MR) is 171 cm³/mol. The van der Waals surface area contributed by atoms with Crippen LogP contribution >= 0.6 is 34.8 Å². The molecule has 2 N–H and O–H groups in total. The van der Waals surface area contributed by atoms with Crippen LogP contribution in [0.4, 0.5) is 4.79 Å². The van der Waals surface area contributed by atoms with E-state index in [1.807, 2.05) is 27.0 Å². The van der Waals surface area contributed by atoms with Crippen LogP contribution in [0, 0.1) is 25.2 Å². The Labute approximate surface area is 282 Å². The maximum absolute atomic E-state index is 12.9. The maximum atomic E-state index is 12.9. The van der Waals surface area contributed by atoms with Crippen LogP contribution in [0.2, 0.25) is 0 Å². The van der Waals surface area contributed by atoms with E-state index in [-0.39, 0.29) is 43.6 Å². The van der Waals surface area contributed by atoms with Crippen LogP contribution in [0.25, 0.3) is 0 Å². The lowest BCUT2D eigenvalue weighted by molar-refractivity contribution is -0.195. The molecule has 46 heavy (non-hydrogen) atoms. The minimum absolute atomic E-state index is 0.0271. The number of halogens is 3. The van der Waals surface area contributed by atoms with E-state index < -0.39 is 28.6 Å². The Morgan fingerprint density at radius 3 is 2.67 bits per heavy atom. The monoisotopic (exact) mass is 692 g/mol. The summed E-state index contributed by atoms with van der Waals surface area (Å²) in [6.07, 6.45) is 1.86.